The standard InChI is InChI=1S/C17H21N5/c1-15-19-8-10-21(15)12-11-20(2)13-16-3-5-17(6-4-16)22-9-7-18-14-22/h3-10,14H,11-13H2,1-2H3. The third kappa shape index (κ3) is 3.43. The SMILES string of the molecule is Cc1nccn1CCN(C)Cc1ccc(-n2ccnc2)cc1. The van der Waals surface area contributed by atoms with Crippen LogP contribution in [0.5, 0.6) is 0 Å². The molecule has 114 valence electrons. The van der Waals surface area contributed by atoms with Gasteiger partial charge in [-0.2, -0.15) is 0 Å². The number of hydrogen-bond donors (Lipinski definition) is 0. The fourth-order valence-electron chi connectivity index (χ4n) is 2.49. The molecule has 0 fully saturated rings. The van der Waals surface area contributed by atoms with Crippen molar-refractivity contribution in [3.63, 3.8) is 0 Å². The van der Waals surface area contributed by atoms with E-state index in [2.05, 4.69) is 50.7 Å². The van der Waals surface area contributed by atoms with Crippen LogP contribution in [0, 0.1) is 6.92 Å². The molecule has 0 aliphatic rings. The molecule has 0 saturated heterocycles. The molecule has 1 aromatic carbocycles. The molecule has 0 saturated carbocycles. The molecule has 0 unspecified atom stereocenters. The maximum Gasteiger partial charge on any atom is 0.105 e. The van der Waals surface area contributed by atoms with Gasteiger partial charge in [0.2, 0.25) is 0 Å². The van der Waals surface area contributed by atoms with E-state index in [1.807, 2.05) is 36.4 Å². The zero-order valence-electron chi connectivity index (χ0n) is 13.1. The second-order valence-corrected chi connectivity index (χ2v) is 5.54. The molecule has 0 bridgehead atoms. The Hall–Kier alpha value is -2.40. The molecule has 0 spiro atoms. The number of nitrogens with zero attached hydrogens (tertiary/aromatic N) is 5. The first-order valence-corrected chi connectivity index (χ1v) is 7.46. The van der Waals surface area contributed by atoms with Crippen LogP contribution in [0.2, 0.25) is 0 Å². The molecular weight excluding hydrogens is 274 g/mol. The lowest BCUT2D eigenvalue weighted by Crippen LogP contribution is -2.23. The van der Waals surface area contributed by atoms with Crippen LogP contribution < -0.4 is 0 Å². The van der Waals surface area contributed by atoms with Crippen molar-refractivity contribution in [1.29, 1.82) is 0 Å². The number of likely N-dealkylation sites (N-methyl/N-ethyl adjacent to an activating group) is 1. The van der Waals surface area contributed by atoms with Gasteiger partial charge in [-0.15, -0.1) is 0 Å². The van der Waals surface area contributed by atoms with Crippen LogP contribution in [0.25, 0.3) is 5.69 Å². The molecule has 0 radical (unpaired) electrons. The molecule has 0 aliphatic carbocycles. The molecule has 3 aromatic rings. The van der Waals surface area contributed by atoms with Crippen LogP contribution in [0.15, 0.2) is 55.4 Å². The smallest absolute Gasteiger partial charge is 0.105 e. The highest BCUT2D eigenvalue weighted by atomic mass is 15.1. The zero-order chi connectivity index (χ0) is 15.4. The topological polar surface area (TPSA) is 38.9 Å². The Morgan fingerprint density at radius 2 is 1.91 bits per heavy atom. The van der Waals surface area contributed by atoms with E-state index in [1.54, 1.807) is 6.20 Å². The predicted octanol–water partition coefficient (Wildman–Crippen LogP) is 2.51. The van der Waals surface area contributed by atoms with Gasteiger partial charge in [0, 0.05) is 50.1 Å². The summed E-state index contributed by atoms with van der Waals surface area (Å²) >= 11 is 0. The minimum atomic E-state index is 0.942. The van der Waals surface area contributed by atoms with E-state index in [0.29, 0.717) is 0 Å². The summed E-state index contributed by atoms with van der Waals surface area (Å²) in [4.78, 5) is 10.6. The fraction of sp³-hybridized carbons (Fsp3) is 0.294. The Morgan fingerprint density at radius 3 is 2.55 bits per heavy atom. The van der Waals surface area contributed by atoms with Crippen molar-refractivity contribution in [1.82, 2.24) is 24.0 Å². The molecule has 5 nitrogen and oxygen atoms in total. The van der Waals surface area contributed by atoms with Crippen molar-refractivity contribution >= 4 is 0 Å². The summed E-state index contributed by atoms with van der Waals surface area (Å²) in [6.45, 7) is 4.95. The highest BCUT2D eigenvalue weighted by molar-refractivity contribution is 5.34. The van der Waals surface area contributed by atoms with E-state index >= 15 is 0 Å². The molecule has 2 heterocycles. The Kier molecular flexibility index (Phi) is 4.34. The summed E-state index contributed by atoms with van der Waals surface area (Å²) in [7, 11) is 2.15. The van der Waals surface area contributed by atoms with Gasteiger partial charge in [-0.05, 0) is 31.7 Å². The second-order valence-electron chi connectivity index (χ2n) is 5.54. The molecule has 3 rings (SSSR count). The first kappa shape index (κ1) is 14.5. The summed E-state index contributed by atoms with van der Waals surface area (Å²) in [5.74, 6) is 1.07. The number of imidazole rings is 2. The number of aromatic nitrogens is 4. The van der Waals surface area contributed by atoms with E-state index in [1.165, 1.54) is 5.56 Å². The van der Waals surface area contributed by atoms with Gasteiger partial charge < -0.3 is 14.0 Å². The highest BCUT2D eigenvalue weighted by Crippen LogP contribution is 2.11. The van der Waals surface area contributed by atoms with E-state index in [4.69, 9.17) is 0 Å². The minimum absolute atomic E-state index is 0.942. The van der Waals surface area contributed by atoms with Crippen LogP contribution in [0.4, 0.5) is 0 Å². The van der Waals surface area contributed by atoms with Gasteiger partial charge in [-0.1, -0.05) is 12.1 Å². The summed E-state index contributed by atoms with van der Waals surface area (Å²) in [5, 5.41) is 0. The maximum absolute atomic E-state index is 4.25. The predicted molar refractivity (Wildman–Crippen MR) is 86.9 cm³/mol. The van der Waals surface area contributed by atoms with Crippen molar-refractivity contribution in [3.8, 4) is 5.69 Å². The van der Waals surface area contributed by atoms with Crippen molar-refractivity contribution in [3.05, 3.63) is 66.8 Å². The minimum Gasteiger partial charge on any atom is -0.334 e. The molecule has 0 amide bonds. The van der Waals surface area contributed by atoms with Crippen molar-refractivity contribution in [2.24, 2.45) is 0 Å². The average molecular weight is 295 g/mol. The lowest BCUT2D eigenvalue weighted by atomic mass is 10.2. The Bertz CT molecular complexity index is 697. The summed E-state index contributed by atoms with van der Waals surface area (Å²) in [6, 6.07) is 8.61. The number of aryl methyl sites for hydroxylation is 1. The van der Waals surface area contributed by atoms with Crippen LogP contribution in [0.1, 0.15) is 11.4 Å². The van der Waals surface area contributed by atoms with Gasteiger partial charge >= 0.3 is 0 Å². The molecule has 0 atom stereocenters. The van der Waals surface area contributed by atoms with E-state index in [0.717, 1.165) is 31.1 Å². The molecule has 5 heteroatoms. The number of benzene rings is 1. The maximum atomic E-state index is 4.25. The Balaban J connectivity index is 1.55. The van der Waals surface area contributed by atoms with E-state index in [9.17, 15) is 0 Å². The largest absolute Gasteiger partial charge is 0.334 e. The van der Waals surface area contributed by atoms with Gasteiger partial charge in [0.15, 0.2) is 0 Å². The van der Waals surface area contributed by atoms with Crippen molar-refractivity contribution in [2.45, 2.75) is 20.0 Å². The van der Waals surface area contributed by atoms with Gasteiger partial charge in [0.1, 0.15) is 5.82 Å². The summed E-state index contributed by atoms with van der Waals surface area (Å²) in [6.07, 6.45) is 9.44. The Labute approximate surface area is 130 Å². The Morgan fingerprint density at radius 1 is 1.09 bits per heavy atom. The lowest BCUT2D eigenvalue weighted by molar-refractivity contribution is 0.310. The quantitative estimate of drug-likeness (QED) is 0.701. The summed E-state index contributed by atoms with van der Waals surface area (Å²) < 4.78 is 4.19. The molecule has 0 N–H and O–H groups in total. The molecule has 0 aliphatic heterocycles. The normalized spacial score (nSPS) is 11.2. The highest BCUT2D eigenvalue weighted by Gasteiger charge is 2.03. The second kappa shape index (κ2) is 6.58. The average Bonchev–Trinajstić information content (AvgIpc) is 3.18. The molecule has 22 heavy (non-hydrogen) atoms. The van der Waals surface area contributed by atoms with Crippen molar-refractivity contribution in [2.75, 3.05) is 13.6 Å². The number of rotatable bonds is 6. The third-order valence-electron chi connectivity index (χ3n) is 3.84. The first-order valence-electron chi connectivity index (χ1n) is 7.46. The number of hydrogen-bond acceptors (Lipinski definition) is 3. The van der Waals surface area contributed by atoms with Gasteiger partial charge in [0.05, 0.1) is 6.33 Å². The van der Waals surface area contributed by atoms with Crippen LogP contribution in [-0.4, -0.2) is 37.6 Å². The lowest BCUT2D eigenvalue weighted by Gasteiger charge is -2.17. The zero-order valence-corrected chi connectivity index (χ0v) is 13.1. The molecule has 2 aromatic heterocycles. The van der Waals surface area contributed by atoms with Crippen LogP contribution >= 0.6 is 0 Å². The first-order chi connectivity index (χ1) is 10.7. The van der Waals surface area contributed by atoms with E-state index < -0.39 is 0 Å². The fourth-order valence-corrected chi connectivity index (χ4v) is 2.49. The summed E-state index contributed by atoms with van der Waals surface area (Å²) in [5.41, 5.74) is 2.45. The van der Waals surface area contributed by atoms with Crippen molar-refractivity contribution < 1.29 is 0 Å². The monoisotopic (exact) mass is 295 g/mol. The van der Waals surface area contributed by atoms with E-state index in [-0.39, 0.29) is 0 Å². The molecular formula is C17H21N5. The van der Waals surface area contributed by atoms with Gasteiger partial charge in [-0.3, -0.25) is 0 Å². The van der Waals surface area contributed by atoms with Gasteiger partial charge in [0.25, 0.3) is 0 Å². The third-order valence-corrected chi connectivity index (χ3v) is 3.84. The van der Waals surface area contributed by atoms with Crippen LogP contribution in [0.3, 0.4) is 0 Å². The van der Waals surface area contributed by atoms with Gasteiger partial charge in [-0.25, -0.2) is 9.97 Å². The van der Waals surface area contributed by atoms with Crippen LogP contribution in [-0.2, 0) is 13.1 Å².